The van der Waals surface area contributed by atoms with E-state index in [9.17, 15) is 0 Å². The largest absolute Gasteiger partial charge is 0.324 e. The second-order valence-corrected chi connectivity index (χ2v) is 3.19. The van der Waals surface area contributed by atoms with Crippen LogP contribution in [-0.4, -0.2) is 14.8 Å². The zero-order valence-electron chi connectivity index (χ0n) is 7.96. The predicted octanol–water partition coefficient (Wildman–Crippen LogP) is 1.29. The van der Waals surface area contributed by atoms with E-state index in [0.717, 1.165) is 11.3 Å². The van der Waals surface area contributed by atoms with Gasteiger partial charge < -0.3 is 5.73 Å². The summed E-state index contributed by atoms with van der Waals surface area (Å²) in [5.41, 5.74) is 7.91. The van der Waals surface area contributed by atoms with Crippen molar-refractivity contribution in [2.75, 3.05) is 0 Å². The van der Waals surface area contributed by atoms with Crippen LogP contribution >= 0.6 is 0 Å². The Morgan fingerprint density at radius 1 is 1.36 bits per heavy atom. The van der Waals surface area contributed by atoms with E-state index in [-0.39, 0.29) is 6.04 Å². The Morgan fingerprint density at radius 3 is 2.79 bits per heavy atom. The molecule has 4 nitrogen and oxygen atoms in total. The fourth-order valence-corrected chi connectivity index (χ4v) is 1.41. The Kier molecular flexibility index (Phi) is 2.28. The van der Waals surface area contributed by atoms with Gasteiger partial charge in [0.2, 0.25) is 0 Å². The van der Waals surface area contributed by atoms with Gasteiger partial charge in [-0.2, -0.15) is 5.10 Å². The van der Waals surface area contributed by atoms with E-state index in [1.54, 1.807) is 11.0 Å². The Balaban J connectivity index is 2.53. The molecule has 0 fully saturated rings. The SMILES string of the molecule is CC(N)c1ccccc1-n1cncn1. The maximum absolute atomic E-state index is 5.86. The summed E-state index contributed by atoms with van der Waals surface area (Å²) >= 11 is 0. The summed E-state index contributed by atoms with van der Waals surface area (Å²) in [6, 6.07) is 7.91. The number of nitrogens with zero attached hydrogens (tertiary/aromatic N) is 3. The Hall–Kier alpha value is -1.68. The molecule has 72 valence electrons. The van der Waals surface area contributed by atoms with Gasteiger partial charge in [0.1, 0.15) is 12.7 Å². The molecule has 1 heterocycles. The lowest BCUT2D eigenvalue weighted by Gasteiger charge is -2.11. The van der Waals surface area contributed by atoms with Crippen LogP contribution in [0.3, 0.4) is 0 Å². The van der Waals surface area contributed by atoms with E-state index >= 15 is 0 Å². The van der Waals surface area contributed by atoms with E-state index in [1.165, 1.54) is 6.33 Å². The number of hydrogen-bond acceptors (Lipinski definition) is 3. The molecule has 0 aliphatic carbocycles. The van der Waals surface area contributed by atoms with Crippen molar-refractivity contribution in [2.24, 2.45) is 5.73 Å². The van der Waals surface area contributed by atoms with Crippen LogP contribution in [0.5, 0.6) is 0 Å². The number of aromatic nitrogens is 3. The molecule has 14 heavy (non-hydrogen) atoms. The number of para-hydroxylation sites is 1. The summed E-state index contributed by atoms with van der Waals surface area (Å²) in [7, 11) is 0. The summed E-state index contributed by atoms with van der Waals surface area (Å²) in [6.45, 7) is 1.95. The van der Waals surface area contributed by atoms with Gasteiger partial charge in [-0.25, -0.2) is 9.67 Å². The smallest absolute Gasteiger partial charge is 0.138 e. The van der Waals surface area contributed by atoms with Gasteiger partial charge in [-0.3, -0.25) is 0 Å². The molecule has 0 saturated heterocycles. The maximum atomic E-state index is 5.86. The van der Waals surface area contributed by atoms with Crippen molar-refractivity contribution in [2.45, 2.75) is 13.0 Å². The summed E-state index contributed by atoms with van der Waals surface area (Å²) in [6.07, 6.45) is 3.18. The third kappa shape index (κ3) is 1.52. The molecule has 0 saturated carbocycles. The van der Waals surface area contributed by atoms with Crippen LogP contribution in [0.25, 0.3) is 5.69 Å². The topological polar surface area (TPSA) is 56.7 Å². The van der Waals surface area contributed by atoms with Crippen molar-refractivity contribution in [3.8, 4) is 5.69 Å². The van der Waals surface area contributed by atoms with Gasteiger partial charge in [-0.15, -0.1) is 0 Å². The highest BCUT2D eigenvalue weighted by molar-refractivity contribution is 5.41. The van der Waals surface area contributed by atoms with Gasteiger partial charge in [-0.05, 0) is 18.6 Å². The highest BCUT2D eigenvalue weighted by atomic mass is 15.3. The third-order valence-electron chi connectivity index (χ3n) is 2.09. The summed E-state index contributed by atoms with van der Waals surface area (Å²) in [5.74, 6) is 0. The Morgan fingerprint density at radius 2 is 2.14 bits per heavy atom. The Bertz CT molecular complexity index is 406. The van der Waals surface area contributed by atoms with Gasteiger partial charge in [0.15, 0.2) is 0 Å². The number of rotatable bonds is 2. The molecule has 0 aliphatic rings. The van der Waals surface area contributed by atoms with E-state index < -0.39 is 0 Å². The van der Waals surface area contributed by atoms with Crippen LogP contribution in [0.4, 0.5) is 0 Å². The second-order valence-electron chi connectivity index (χ2n) is 3.19. The zero-order chi connectivity index (χ0) is 9.97. The van der Waals surface area contributed by atoms with Crippen molar-refractivity contribution in [3.05, 3.63) is 42.5 Å². The van der Waals surface area contributed by atoms with Gasteiger partial charge in [-0.1, -0.05) is 18.2 Å². The first-order valence-corrected chi connectivity index (χ1v) is 4.48. The number of benzene rings is 1. The van der Waals surface area contributed by atoms with Gasteiger partial charge >= 0.3 is 0 Å². The molecular weight excluding hydrogens is 176 g/mol. The molecule has 1 aromatic heterocycles. The van der Waals surface area contributed by atoms with E-state index in [4.69, 9.17) is 5.73 Å². The standard InChI is InChI=1S/C10H12N4/c1-8(11)9-4-2-3-5-10(9)14-7-12-6-13-14/h2-8H,11H2,1H3. The normalized spacial score (nSPS) is 12.7. The third-order valence-corrected chi connectivity index (χ3v) is 2.09. The van der Waals surface area contributed by atoms with Crippen LogP contribution in [0, 0.1) is 0 Å². The molecular formula is C10H12N4. The lowest BCUT2D eigenvalue weighted by Crippen LogP contribution is -2.09. The van der Waals surface area contributed by atoms with Crippen molar-refractivity contribution in [3.63, 3.8) is 0 Å². The monoisotopic (exact) mass is 188 g/mol. The van der Waals surface area contributed by atoms with Crippen molar-refractivity contribution in [1.29, 1.82) is 0 Å². The Labute approximate surface area is 82.4 Å². The first kappa shape index (κ1) is 8.90. The van der Waals surface area contributed by atoms with Crippen molar-refractivity contribution in [1.82, 2.24) is 14.8 Å². The number of hydrogen-bond donors (Lipinski definition) is 1. The van der Waals surface area contributed by atoms with Crippen LogP contribution in [0.2, 0.25) is 0 Å². The minimum atomic E-state index is -0.00426. The summed E-state index contributed by atoms with van der Waals surface area (Å²) in [5, 5.41) is 4.08. The lowest BCUT2D eigenvalue weighted by molar-refractivity contribution is 0.780. The van der Waals surface area contributed by atoms with E-state index in [2.05, 4.69) is 10.1 Å². The summed E-state index contributed by atoms with van der Waals surface area (Å²) < 4.78 is 1.72. The molecule has 4 heteroatoms. The molecule has 2 aromatic rings. The van der Waals surface area contributed by atoms with Crippen LogP contribution < -0.4 is 5.73 Å². The number of nitrogens with two attached hydrogens (primary N) is 1. The average molecular weight is 188 g/mol. The molecule has 2 rings (SSSR count). The molecule has 0 aliphatic heterocycles. The fraction of sp³-hybridized carbons (Fsp3) is 0.200. The van der Waals surface area contributed by atoms with E-state index in [1.807, 2.05) is 31.2 Å². The molecule has 0 radical (unpaired) electrons. The fourth-order valence-electron chi connectivity index (χ4n) is 1.41. The predicted molar refractivity (Wildman–Crippen MR) is 54.0 cm³/mol. The molecule has 1 aromatic carbocycles. The lowest BCUT2D eigenvalue weighted by atomic mass is 10.1. The first-order valence-electron chi connectivity index (χ1n) is 4.48. The van der Waals surface area contributed by atoms with Crippen LogP contribution in [0.1, 0.15) is 18.5 Å². The van der Waals surface area contributed by atoms with Gasteiger partial charge in [0.25, 0.3) is 0 Å². The van der Waals surface area contributed by atoms with E-state index in [0.29, 0.717) is 0 Å². The summed E-state index contributed by atoms with van der Waals surface area (Å²) in [4.78, 5) is 3.91. The van der Waals surface area contributed by atoms with Gasteiger partial charge in [0.05, 0.1) is 5.69 Å². The highest BCUT2D eigenvalue weighted by Crippen LogP contribution is 2.18. The maximum Gasteiger partial charge on any atom is 0.138 e. The van der Waals surface area contributed by atoms with Crippen molar-refractivity contribution < 1.29 is 0 Å². The molecule has 0 spiro atoms. The molecule has 0 amide bonds. The average Bonchev–Trinajstić information content (AvgIpc) is 2.70. The van der Waals surface area contributed by atoms with Crippen LogP contribution in [0.15, 0.2) is 36.9 Å². The van der Waals surface area contributed by atoms with Gasteiger partial charge in [0, 0.05) is 6.04 Å². The zero-order valence-corrected chi connectivity index (χ0v) is 7.96. The first-order chi connectivity index (χ1) is 6.79. The minimum absolute atomic E-state index is 0.00426. The van der Waals surface area contributed by atoms with Crippen molar-refractivity contribution >= 4 is 0 Å². The minimum Gasteiger partial charge on any atom is -0.324 e. The quantitative estimate of drug-likeness (QED) is 0.772. The molecule has 0 bridgehead atoms. The molecule has 1 atom stereocenters. The highest BCUT2D eigenvalue weighted by Gasteiger charge is 2.07. The van der Waals surface area contributed by atoms with Crippen LogP contribution in [-0.2, 0) is 0 Å². The molecule has 1 unspecified atom stereocenters. The molecule has 2 N–H and O–H groups in total. The second kappa shape index (κ2) is 3.59.